The lowest BCUT2D eigenvalue weighted by Gasteiger charge is -2.16. The summed E-state index contributed by atoms with van der Waals surface area (Å²) in [5, 5.41) is 12.4. The summed E-state index contributed by atoms with van der Waals surface area (Å²) >= 11 is 1.41. The lowest BCUT2D eigenvalue weighted by Crippen LogP contribution is -2.23. The van der Waals surface area contributed by atoms with Crippen molar-refractivity contribution in [1.82, 2.24) is 14.9 Å². The molecular weight excluding hydrogens is 266 g/mol. The van der Waals surface area contributed by atoms with Gasteiger partial charge in [-0.1, -0.05) is 53.9 Å². The van der Waals surface area contributed by atoms with Crippen molar-refractivity contribution >= 4 is 22.3 Å². The second-order valence-electron chi connectivity index (χ2n) is 4.78. The number of aromatic nitrogens is 2. The number of fused-ring (bicyclic) bond motifs is 1. The number of nitrogens with zero attached hydrogens (tertiary/aromatic N) is 2. The Bertz CT molecular complexity index is 674. The standard InChI is InChI=1S/C16H17N3S/c1-2-17-15(16-11-20-19-18-16)10-13-8-5-7-12-6-3-4-9-14(12)13/h3-9,11,15,17H,2,10H2,1H3. The Morgan fingerprint density at radius 1 is 1.15 bits per heavy atom. The highest BCUT2D eigenvalue weighted by Crippen LogP contribution is 2.24. The summed E-state index contributed by atoms with van der Waals surface area (Å²) in [6, 6.07) is 15.2. The smallest absolute Gasteiger partial charge is 0.0928 e. The topological polar surface area (TPSA) is 37.8 Å². The first-order chi connectivity index (χ1) is 9.88. The van der Waals surface area contributed by atoms with E-state index in [9.17, 15) is 0 Å². The summed E-state index contributed by atoms with van der Waals surface area (Å²) in [6.07, 6.45) is 0.931. The minimum Gasteiger partial charge on any atom is -0.309 e. The lowest BCUT2D eigenvalue weighted by molar-refractivity contribution is 0.537. The van der Waals surface area contributed by atoms with Crippen LogP contribution in [0.2, 0.25) is 0 Å². The van der Waals surface area contributed by atoms with E-state index in [4.69, 9.17) is 0 Å². The molecule has 20 heavy (non-hydrogen) atoms. The van der Waals surface area contributed by atoms with Gasteiger partial charge in [0, 0.05) is 5.38 Å². The fourth-order valence-corrected chi connectivity index (χ4v) is 3.05. The van der Waals surface area contributed by atoms with Gasteiger partial charge in [0.2, 0.25) is 0 Å². The van der Waals surface area contributed by atoms with Crippen molar-refractivity contribution in [3.63, 3.8) is 0 Å². The summed E-state index contributed by atoms with van der Waals surface area (Å²) in [5.74, 6) is 0. The monoisotopic (exact) mass is 283 g/mol. The third kappa shape index (κ3) is 2.71. The highest BCUT2D eigenvalue weighted by Gasteiger charge is 2.15. The zero-order chi connectivity index (χ0) is 13.8. The maximum Gasteiger partial charge on any atom is 0.0928 e. The SMILES string of the molecule is CCNC(Cc1cccc2ccccc12)c1csnn1. The van der Waals surface area contributed by atoms with Crippen LogP contribution in [0.15, 0.2) is 47.8 Å². The zero-order valence-electron chi connectivity index (χ0n) is 11.4. The van der Waals surface area contributed by atoms with Crippen molar-refractivity contribution < 1.29 is 0 Å². The molecule has 4 heteroatoms. The van der Waals surface area contributed by atoms with Crippen molar-refractivity contribution in [1.29, 1.82) is 0 Å². The molecule has 0 spiro atoms. The van der Waals surface area contributed by atoms with Crippen LogP contribution in [-0.2, 0) is 6.42 Å². The Morgan fingerprint density at radius 2 is 2.00 bits per heavy atom. The van der Waals surface area contributed by atoms with Gasteiger partial charge in [-0.05, 0) is 40.8 Å². The molecule has 1 N–H and O–H groups in total. The third-order valence-corrected chi connectivity index (χ3v) is 4.01. The molecule has 3 rings (SSSR count). The highest BCUT2D eigenvalue weighted by molar-refractivity contribution is 7.03. The minimum absolute atomic E-state index is 0.226. The Hall–Kier alpha value is -1.78. The van der Waals surface area contributed by atoms with Crippen LogP contribution in [0.3, 0.4) is 0 Å². The number of benzene rings is 2. The normalized spacial score (nSPS) is 12.7. The van der Waals surface area contributed by atoms with Crippen molar-refractivity contribution in [3.05, 3.63) is 59.1 Å². The summed E-state index contributed by atoms with van der Waals surface area (Å²) in [5.41, 5.74) is 2.38. The zero-order valence-corrected chi connectivity index (χ0v) is 12.2. The first kappa shape index (κ1) is 13.2. The molecule has 1 unspecified atom stereocenters. The predicted molar refractivity (Wildman–Crippen MR) is 84.0 cm³/mol. The van der Waals surface area contributed by atoms with E-state index in [1.165, 1.54) is 27.9 Å². The van der Waals surface area contributed by atoms with Crippen LogP contribution in [0.25, 0.3) is 10.8 Å². The van der Waals surface area contributed by atoms with Gasteiger partial charge in [-0.25, -0.2) is 0 Å². The largest absolute Gasteiger partial charge is 0.309 e. The third-order valence-electron chi connectivity index (χ3n) is 3.49. The molecule has 1 aromatic heterocycles. The molecule has 0 bridgehead atoms. The molecule has 2 aromatic carbocycles. The molecule has 0 saturated carbocycles. The van der Waals surface area contributed by atoms with Crippen molar-refractivity contribution in [2.75, 3.05) is 6.54 Å². The van der Waals surface area contributed by atoms with Crippen LogP contribution in [0, 0.1) is 0 Å². The van der Waals surface area contributed by atoms with E-state index >= 15 is 0 Å². The predicted octanol–water partition coefficient (Wildman–Crippen LogP) is 3.58. The van der Waals surface area contributed by atoms with Crippen molar-refractivity contribution in [3.8, 4) is 0 Å². The number of hydrogen-bond donors (Lipinski definition) is 1. The Labute approximate surface area is 122 Å². The van der Waals surface area contributed by atoms with E-state index in [-0.39, 0.29) is 6.04 Å². The van der Waals surface area contributed by atoms with E-state index in [1.807, 2.05) is 5.38 Å². The molecule has 0 aliphatic carbocycles. The van der Waals surface area contributed by atoms with Crippen LogP contribution in [0.4, 0.5) is 0 Å². The van der Waals surface area contributed by atoms with Gasteiger partial charge in [0.1, 0.15) is 0 Å². The van der Waals surface area contributed by atoms with Gasteiger partial charge in [0.15, 0.2) is 0 Å². The molecule has 0 saturated heterocycles. The number of likely N-dealkylation sites (N-methyl/N-ethyl adjacent to an activating group) is 1. The van der Waals surface area contributed by atoms with Gasteiger partial charge >= 0.3 is 0 Å². The van der Waals surface area contributed by atoms with Gasteiger partial charge in [-0.3, -0.25) is 0 Å². The average Bonchev–Trinajstić information content (AvgIpc) is 3.01. The quantitative estimate of drug-likeness (QED) is 0.777. The average molecular weight is 283 g/mol. The molecule has 0 radical (unpaired) electrons. The maximum atomic E-state index is 4.22. The summed E-state index contributed by atoms with van der Waals surface area (Å²) in [6.45, 7) is 3.04. The number of rotatable bonds is 5. The van der Waals surface area contributed by atoms with E-state index < -0.39 is 0 Å². The van der Waals surface area contributed by atoms with Crippen LogP contribution in [0.5, 0.6) is 0 Å². The Kier molecular flexibility index (Phi) is 4.04. The van der Waals surface area contributed by atoms with Gasteiger partial charge < -0.3 is 5.32 Å². The van der Waals surface area contributed by atoms with Gasteiger partial charge in [-0.15, -0.1) is 5.10 Å². The van der Waals surface area contributed by atoms with Gasteiger partial charge in [0.05, 0.1) is 11.7 Å². The minimum atomic E-state index is 0.226. The van der Waals surface area contributed by atoms with Crippen LogP contribution >= 0.6 is 11.5 Å². The van der Waals surface area contributed by atoms with E-state index in [0.29, 0.717) is 0 Å². The first-order valence-corrected chi connectivity index (χ1v) is 7.69. The molecule has 0 aliphatic rings. The second-order valence-corrected chi connectivity index (χ2v) is 5.39. The highest BCUT2D eigenvalue weighted by atomic mass is 32.1. The molecule has 1 atom stereocenters. The van der Waals surface area contributed by atoms with Crippen molar-refractivity contribution in [2.24, 2.45) is 0 Å². The molecule has 3 nitrogen and oxygen atoms in total. The number of hydrogen-bond acceptors (Lipinski definition) is 4. The van der Waals surface area contributed by atoms with Crippen LogP contribution in [-0.4, -0.2) is 16.1 Å². The first-order valence-electron chi connectivity index (χ1n) is 6.85. The van der Waals surface area contributed by atoms with E-state index in [2.05, 4.69) is 64.3 Å². The summed E-state index contributed by atoms with van der Waals surface area (Å²) in [7, 11) is 0. The summed E-state index contributed by atoms with van der Waals surface area (Å²) in [4.78, 5) is 0. The van der Waals surface area contributed by atoms with Crippen LogP contribution in [0.1, 0.15) is 24.2 Å². The van der Waals surface area contributed by atoms with Gasteiger partial charge in [-0.2, -0.15) is 0 Å². The molecule has 102 valence electrons. The lowest BCUT2D eigenvalue weighted by atomic mass is 9.98. The van der Waals surface area contributed by atoms with Crippen molar-refractivity contribution in [2.45, 2.75) is 19.4 Å². The van der Waals surface area contributed by atoms with Gasteiger partial charge in [0.25, 0.3) is 0 Å². The molecule has 0 amide bonds. The molecule has 0 aliphatic heterocycles. The summed E-state index contributed by atoms with van der Waals surface area (Å²) < 4.78 is 3.98. The molecule has 0 fully saturated rings. The Morgan fingerprint density at radius 3 is 2.80 bits per heavy atom. The molecule has 3 aromatic rings. The molecular formula is C16H17N3S. The fraction of sp³-hybridized carbons (Fsp3) is 0.250. The van der Waals surface area contributed by atoms with Crippen LogP contribution < -0.4 is 5.32 Å². The fourth-order valence-electron chi connectivity index (χ4n) is 2.54. The molecule has 1 heterocycles. The number of nitrogens with one attached hydrogen (secondary N) is 1. The second kappa shape index (κ2) is 6.11. The van der Waals surface area contributed by atoms with E-state index in [1.54, 1.807) is 0 Å². The Balaban J connectivity index is 1.94. The maximum absolute atomic E-state index is 4.22. The van der Waals surface area contributed by atoms with E-state index in [0.717, 1.165) is 18.7 Å².